The van der Waals surface area contributed by atoms with Gasteiger partial charge in [-0.15, -0.1) is 0 Å². The number of primary amides is 1. The number of hydrogen-bond donors (Lipinski definition) is 6. The molecule has 37 heavy (non-hydrogen) atoms. The zero-order valence-corrected chi connectivity index (χ0v) is 21.2. The summed E-state index contributed by atoms with van der Waals surface area (Å²) >= 11 is 0. The molecule has 0 bridgehead atoms. The Labute approximate surface area is 213 Å². The molecule has 10 nitrogen and oxygen atoms in total. The summed E-state index contributed by atoms with van der Waals surface area (Å²) in [6.07, 6.45) is 0.467. The van der Waals surface area contributed by atoms with Gasteiger partial charge >= 0.3 is 0 Å². The first kappa shape index (κ1) is 26.4. The number of phenols is 1. The Balaban J connectivity index is 1.86. The first-order valence-electron chi connectivity index (χ1n) is 12.3. The highest BCUT2D eigenvalue weighted by Crippen LogP contribution is 2.55. The number of amides is 2. The monoisotopic (exact) mass is 512 g/mol. The fourth-order valence-electron chi connectivity index (χ4n) is 6.13. The van der Waals surface area contributed by atoms with Crippen molar-refractivity contribution in [2.45, 2.75) is 52.6 Å². The molecule has 4 atom stereocenters. The van der Waals surface area contributed by atoms with Crippen molar-refractivity contribution in [2.75, 3.05) is 5.32 Å². The summed E-state index contributed by atoms with van der Waals surface area (Å²) in [6, 6.07) is 3.15. The van der Waals surface area contributed by atoms with E-state index < -0.39 is 69.6 Å². The first-order valence-corrected chi connectivity index (χ1v) is 12.3. The van der Waals surface area contributed by atoms with Gasteiger partial charge in [0.1, 0.15) is 22.8 Å². The summed E-state index contributed by atoms with van der Waals surface area (Å²) in [4.78, 5) is 51.2. The van der Waals surface area contributed by atoms with Gasteiger partial charge in [-0.1, -0.05) is 33.8 Å². The van der Waals surface area contributed by atoms with E-state index in [1.165, 1.54) is 6.07 Å². The Bertz CT molecular complexity index is 1290. The molecule has 10 heteroatoms. The molecule has 0 aromatic heterocycles. The molecule has 1 fully saturated rings. The quantitative estimate of drug-likeness (QED) is 0.256. The zero-order valence-electron chi connectivity index (χ0n) is 21.2. The number of aliphatic hydroxyl groups excluding tert-OH is 2. The summed E-state index contributed by atoms with van der Waals surface area (Å²) in [5, 5.41) is 47.3. The molecule has 1 aromatic carbocycles. The third kappa shape index (κ3) is 3.90. The smallest absolute Gasteiger partial charge is 0.255 e. The third-order valence-electron chi connectivity index (χ3n) is 7.71. The first-order chi connectivity index (χ1) is 17.2. The van der Waals surface area contributed by atoms with Gasteiger partial charge in [0.25, 0.3) is 5.91 Å². The second kappa shape index (κ2) is 9.02. The fourth-order valence-corrected chi connectivity index (χ4v) is 6.13. The van der Waals surface area contributed by atoms with Crippen LogP contribution in [0, 0.1) is 29.6 Å². The average molecular weight is 513 g/mol. The summed E-state index contributed by atoms with van der Waals surface area (Å²) in [5.74, 6) is -8.48. The molecule has 3 aliphatic rings. The van der Waals surface area contributed by atoms with Crippen LogP contribution in [0.15, 0.2) is 29.0 Å². The van der Waals surface area contributed by atoms with Crippen molar-refractivity contribution in [1.29, 1.82) is 0 Å². The minimum absolute atomic E-state index is 0.0525. The molecule has 7 N–H and O–H groups in total. The molecule has 2 amide bonds. The van der Waals surface area contributed by atoms with E-state index in [1.807, 2.05) is 13.8 Å². The number of carbonyl (C=O) groups is 4. The van der Waals surface area contributed by atoms with Crippen molar-refractivity contribution >= 4 is 34.8 Å². The Kier molecular flexibility index (Phi) is 6.44. The predicted molar refractivity (Wildman–Crippen MR) is 133 cm³/mol. The molecule has 0 radical (unpaired) electrons. The Morgan fingerprint density at radius 3 is 2.35 bits per heavy atom. The molecule has 0 spiro atoms. The molecule has 4 rings (SSSR count). The SMILES string of the molecule is CC(C)CC(=O)Nc1ccc2c(c1O)C(O)=C1C(=O)[C@]3(O)C(O)=C(C(N)=O)C(=O)[C@@H](C(C)C)[C@@H]3C[C@@H]1C2. The van der Waals surface area contributed by atoms with E-state index in [-0.39, 0.29) is 47.9 Å². The lowest BCUT2D eigenvalue weighted by atomic mass is 9.54. The van der Waals surface area contributed by atoms with Crippen molar-refractivity contribution in [1.82, 2.24) is 0 Å². The number of nitrogens with one attached hydrogen (secondary N) is 1. The number of nitrogens with two attached hydrogens (primary N) is 1. The van der Waals surface area contributed by atoms with Gasteiger partial charge in [-0.2, -0.15) is 0 Å². The normalized spacial score (nSPS) is 27.3. The number of anilines is 1. The van der Waals surface area contributed by atoms with Crippen LogP contribution in [0.5, 0.6) is 5.75 Å². The number of aliphatic hydroxyl groups is 3. The van der Waals surface area contributed by atoms with Crippen LogP contribution in [0.1, 0.15) is 51.7 Å². The van der Waals surface area contributed by atoms with E-state index in [9.17, 15) is 39.6 Å². The van der Waals surface area contributed by atoms with Crippen LogP contribution in [0.3, 0.4) is 0 Å². The Hall–Kier alpha value is -3.66. The molecule has 0 saturated heterocycles. The summed E-state index contributed by atoms with van der Waals surface area (Å²) in [5.41, 5.74) is 2.15. The second-order valence-electron chi connectivity index (χ2n) is 11.0. The van der Waals surface area contributed by atoms with E-state index in [1.54, 1.807) is 19.9 Å². The topological polar surface area (TPSA) is 187 Å². The van der Waals surface area contributed by atoms with Crippen molar-refractivity contribution in [3.63, 3.8) is 0 Å². The van der Waals surface area contributed by atoms with Crippen LogP contribution in [-0.2, 0) is 25.6 Å². The number of rotatable bonds is 5. The number of fused-ring (bicyclic) bond motifs is 3. The van der Waals surface area contributed by atoms with Gasteiger partial charge in [-0.3, -0.25) is 19.2 Å². The highest BCUT2D eigenvalue weighted by Gasteiger charge is 2.63. The largest absolute Gasteiger partial charge is 0.508 e. The maximum atomic E-state index is 13.8. The van der Waals surface area contributed by atoms with E-state index in [0.717, 1.165) is 0 Å². The highest BCUT2D eigenvalue weighted by molar-refractivity contribution is 6.23. The molecular weight excluding hydrogens is 480 g/mol. The number of aromatic hydroxyl groups is 1. The second-order valence-corrected chi connectivity index (χ2v) is 11.0. The van der Waals surface area contributed by atoms with Gasteiger partial charge in [0, 0.05) is 23.8 Å². The lowest BCUT2D eigenvalue weighted by Crippen LogP contribution is -2.62. The number of hydrogen-bond acceptors (Lipinski definition) is 8. The maximum Gasteiger partial charge on any atom is 0.255 e. The van der Waals surface area contributed by atoms with Crippen molar-refractivity contribution in [3.8, 4) is 5.75 Å². The third-order valence-corrected chi connectivity index (χ3v) is 7.71. The lowest BCUT2D eigenvalue weighted by Gasteiger charge is -2.50. The fraction of sp³-hybridized carbons (Fsp3) is 0.481. The maximum absolute atomic E-state index is 13.8. The minimum Gasteiger partial charge on any atom is -0.508 e. The number of carbonyl (C=O) groups excluding carboxylic acids is 4. The zero-order chi connectivity index (χ0) is 27.6. The van der Waals surface area contributed by atoms with Gasteiger partial charge < -0.3 is 31.5 Å². The van der Waals surface area contributed by atoms with Crippen LogP contribution in [0.25, 0.3) is 5.76 Å². The molecule has 0 aliphatic heterocycles. The van der Waals surface area contributed by atoms with Crippen molar-refractivity contribution in [2.24, 2.45) is 35.3 Å². The number of Topliss-reactive ketones (excluding diaryl/α,β-unsaturated/α-hetero) is 2. The van der Waals surface area contributed by atoms with E-state index in [4.69, 9.17) is 5.73 Å². The number of phenolic OH excluding ortho intramolecular Hbond substituents is 1. The molecule has 0 unspecified atom stereocenters. The summed E-state index contributed by atoms with van der Waals surface area (Å²) in [7, 11) is 0. The molecule has 1 aromatic rings. The van der Waals surface area contributed by atoms with E-state index in [2.05, 4.69) is 5.32 Å². The summed E-state index contributed by atoms with van der Waals surface area (Å²) < 4.78 is 0. The van der Waals surface area contributed by atoms with Crippen LogP contribution in [-0.4, -0.2) is 49.4 Å². The van der Waals surface area contributed by atoms with Crippen LogP contribution in [0.2, 0.25) is 0 Å². The highest BCUT2D eigenvalue weighted by atomic mass is 16.3. The van der Waals surface area contributed by atoms with Gasteiger partial charge in [0.15, 0.2) is 11.4 Å². The van der Waals surface area contributed by atoms with Crippen molar-refractivity contribution < 1.29 is 39.6 Å². The van der Waals surface area contributed by atoms with E-state index in [0.29, 0.717) is 5.56 Å². The Morgan fingerprint density at radius 1 is 1.14 bits per heavy atom. The minimum atomic E-state index is -2.65. The number of benzene rings is 1. The Morgan fingerprint density at radius 2 is 1.78 bits per heavy atom. The molecule has 198 valence electrons. The van der Waals surface area contributed by atoms with Crippen molar-refractivity contribution in [3.05, 3.63) is 40.2 Å². The molecule has 1 saturated carbocycles. The van der Waals surface area contributed by atoms with Gasteiger partial charge in [0.2, 0.25) is 11.7 Å². The van der Waals surface area contributed by atoms with Gasteiger partial charge in [-0.05, 0) is 42.2 Å². The van der Waals surface area contributed by atoms with Gasteiger partial charge in [0.05, 0.1) is 11.3 Å². The molecule has 3 aliphatic carbocycles. The predicted octanol–water partition coefficient (Wildman–Crippen LogP) is 2.29. The number of ketones is 2. The molecular formula is C27H32N2O8. The summed E-state index contributed by atoms with van der Waals surface area (Å²) in [6.45, 7) is 7.15. The van der Waals surface area contributed by atoms with Crippen LogP contribution < -0.4 is 11.1 Å². The lowest BCUT2D eigenvalue weighted by molar-refractivity contribution is -0.155. The van der Waals surface area contributed by atoms with Crippen LogP contribution >= 0.6 is 0 Å². The average Bonchev–Trinajstić information content (AvgIpc) is 2.77. The van der Waals surface area contributed by atoms with E-state index >= 15 is 0 Å². The van der Waals surface area contributed by atoms with Crippen LogP contribution in [0.4, 0.5) is 5.69 Å². The van der Waals surface area contributed by atoms with Gasteiger partial charge in [-0.25, -0.2) is 0 Å². The molecule has 0 heterocycles. The standard InChI is InChI=1S/C27H32N2O8/c1-10(2)7-16(30)29-15-6-5-12-8-13-9-14-17(11(3)4)22(32)20(26(28)36)25(35)27(14,37)24(34)19(13)23(33)18(12)21(15)31/h5-6,10-11,13-14,17,31,33,35,37H,7-9H2,1-4H3,(H2,28,36)(H,29,30)/t13-,14-,17-,27-/m0/s1.